The second-order valence-corrected chi connectivity index (χ2v) is 9.79. The Morgan fingerprint density at radius 3 is 2.67 bits per heavy atom. The Morgan fingerprint density at radius 1 is 1.20 bits per heavy atom. The highest BCUT2D eigenvalue weighted by Gasteiger charge is 2.44. The van der Waals surface area contributed by atoms with Crippen molar-refractivity contribution in [3.8, 4) is 0 Å². The van der Waals surface area contributed by atoms with E-state index in [-0.39, 0.29) is 41.9 Å². The average molecular weight is 434 g/mol. The van der Waals surface area contributed by atoms with Gasteiger partial charge in [-0.2, -0.15) is 11.3 Å². The molecule has 2 saturated heterocycles. The largest absolute Gasteiger partial charge is 0.343 e. The van der Waals surface area contributed by atoms with Crippen molar-refractivity contribution in [2.24, 2.45) is 5.92 Å². The third-order valence-corrected chi connectivity index (χ3v) is 6.64. The number of rotatable bonds is 6. The molecule has 1 saturated carbocycles. The summed E-state index contributed by atoms with van der Waals surface area (Å²) in [7, 11) is 0. The van der Waals surface area contributed by atoms with Gasteiger partial charge in [0.25, 0.3) is 0 Å². The molecule has 1 aromatic rings. The van der Waals surface area contributed by atoms with Gasteiger partial charge in [0.15, 0.2) is 0 Å². The molecule has 1 aromatic heterocycles. The van der Waals surface area contributed by atoms with Crippen LogP contribution in [0.25, 0.3) is 0 Å². The van der Waals surface area contributed by atoms with Gasteiger partial charge in [-0.25, -0.2) is 4.79 Å². The summed E-state index contributed by atoms with van der Waals surface area (Å²) in [5, 5.41) is 13.0. The minimum atomic E-state index is -0.537. The van der Waals surface area contributed by atoms with Gasteiger partial charge in [-0.05, 0) is 55.5 Å². The fourth-order valence-corrected chi connectivity index (χ4v) is 5.03. The molecule has 3 atom stereocenters. The molecule has 3 fully saturated rings. The molecule has 1 aliphatic carbocycles. The first kappa shape index (κ1) is 21.1. The van der Waals surface area contributed by atoms with Crippen molar-refractivity contribution >= 4 is 29.2 Å². The van der Waals surface area contributed by atoms with Gasteiger partial charge in [0.05, 0.1) is 6.04 Å². The molecular formula is C21H31N5O3S. The number of carbonyl (C=O) groups excluding carboxylic acids is 3. The van der Waals surface area contributed by atoms with Crippen LogP contribution >= 0.6 is 11.3 Å². The summed E-state index contributed by atoms with van der Waals surface area (Å²) in [4.78, 5) is 42.0. The van der Waals surface area contributed by atoms with Crippen LogP contribution in [0.1, 0.15) is 38.7 Å². The Morgan fingerprint density at radius 2 is 2.00 bits per heavy atom. The zero-order valence-corrected chi connectivity index (χ0v) is 18.4. The van der Waals surface area contributed by atoms with Crippen LogP contribution in [0.4, 0.5) is 4.79 Å². The molecule has 30 heavy (non-hydrogen) atoms. The minimum Gasteiger partial charge on any atom is -0.343 e. The maximum atomic E-state index is 13.3. The quantitative estimate of drug-likeness (QED) is 0.627. The standard InChI is InChI=1S/C21H31N5O3S/c1-13(2)22-21(29)23-16-7-17-10-25(8-14-5-6-30-12-14)11-18(20(28)26(17)9-16)24-19(27)15-3-4-15/h5-6,12-13,15-18H,3-4,7-11H2,1-2H3,(H,24,27)(H2,22,23,29)/t16-,17-,18-/m0/s1. The van der Waals surface area contributed by atoms with Crippen LogP contribution in [0.2, 0.25) is 0 Å². The summed E-state index contributed by atoms with van der Waals surface area (Å²) in [6.07, 6.45) is 2.55. The van der Waals surface area contributed by atoms with E-state index in [1.54, 1.807) is 11.3 Å². The van der Waals surface area contributed by atoms with Crippen LogP contribution in [0.15, 0.2) is 16.8 Å². The molecule has 164 valence electrons. The number of thiophene rings is 1. The van der Waals surface area contributed by atoms with E-state index in [0.717, 1.165) is 32.4 Å². The SMILES string of the molecule is CC(C)NC(=O)N[C@H]1C[C@H]2CN(Cc3ccsc3)C[C@H](NC(=O)C3CC3)C(=O)N2C1. The van der Waals surface area contributed by atoms with Crippen molar-refractivity contribution in [3.05, 3.63) is 22.4 Å². The van der Waals surface area contributed by atoms with Crippen molar-refractivity contribution in [2.45, 2.75) is 63.8 Å². The zero-order valence-electron chi connectivity index (χ0n) is 17.6. The van der Waals surface area contributed by atoms with Gasteiger partial charge in [-0.1, -0.05) is 0 Å². The smallest absolute Gasteiger partial charge is 0.315 e. The third-order valence-electron chi connectivity index (χ3n) is 5.91. The number of fused-ring (bicyclic) bond motifs is 1. The fraction of sp³-hybridized carbons (Fsp3) is 0.667. The summed E-state index contributed by atoms with van der Waals surface area (Å²) in [6, 6.07) is 1.37. The predicted molar refractivity (Wildman–Crippen MR) is 115 cm³/mol. The second-order valence-electron chi connectivity index (χ2n) is 9.01. The summed E-state index contributed by atoms with van der Waals surface area (Å²) in [5.74, 6) is 0.0257. The first-order valence-corrected chi connectivity index (χ1v) is 11.7. The highest BCUT2D eigenvalue weighted by molar-refractivity contribution is 7.07. The van der Waals surface area contributed by atoms with Crippen LogP contribution < -0.4 is 16.0 Å². The highest BCUT2D eigenvalue weighted by Crippen LogP contribution is 2.30. The van der Waals surface area contributed by atoms with E-state index >= 15 is 0 Å². The van der Waals surface area contributed by atoms with Crippen LogP contribution in [-0.4, -0.2) is 71.4 Å². The molecule has 0 spiro atoms. The Kier molecular flexibility index (Phi) is 6.29. The molecule has 4 rings (SSSR count). The lowest BCUT2D eigenvalue weighted by atomic mass is 10.1. The van der Waals surface area contributed by atoms with Gasteiger partial charge in [0, 0.05) is 44.2 Å². The van der Waals surface area contributed by atoms with Crippen molar-refractivity contribution in [1.29, 1.82) is 0 Å². The Hall–Kier alpha value is -2.13. The van der Waals surface area contributed by atoms with Crippen LogP contribution in [-0.2, 0) is 16.1 Å². The van der Waals surface area contributed by atoms with Gasteiger partial charge < -0.3 is 20.9 Å². The van der Waals surface area contributed by atoms with E-state index in [9.17, 15) is 14.4 Å². The van der Waals surface area contributed by atoms with Gasteiger partial charge in [-0.3, -0.25) is 14.5 Å². The van der Waals surface area contributed by atoms with Crippen molar-refractivity contribution in [3.63, 3.8) is 0 Å². The summed E-state index contributed by atoms with van der Waals surface area (Å²) < 4.78 is 0. The number of urea groups is 1. The summed E-state index contributed by atoms with van der Waals surface area (Å²) in [6.45, 7) is 6.33. The lowest BCUT2D eigenvalue weighted by Gasteiger charge is -2.25. The molecule has 2 aliphatic heterocycles. The first-order valence-electron chi connectivity index (χ1n) is 10.8. The number of nitrogens with one attached hydrogen (secondary N) is 3. The first-order chi connectivity index (χ1) is 14.4. The Balaban J connectivity index is 1.46. The summed E-state index contributed by atoms with van der Waals surface area (Å²) >= 11 is 1.66. The van der Waals surface area contributed by atoms with Gasteiger partial charge in [0.1, 0.15) is 6.04 Å². The normalized spacial score (nSPS) is 27.0. The molecule has 3 aliphatic rings. The predicted octanol–water partition coefficient (Wildman–Crippen LogP) is 1.14. The van der Waals surface area contributed by atoms with Gasteiger partial charge in [0.2, 0.25) is 11.8 Å². The third kappa shape index (κ3) is 5.13. The van der Waals surface area contributed by atoms with E-state index in [1.165, 1.54) is 5.56 Å². The van der Waals surface area contributed by atoms with Crippen LogP contribution in [0.3, 0.4) is 0 Å². The van der Waals surface area contributed by atoms with Gasteiger partial charge >= 0.3 is 6.03 Å². The molecule has 3 N–H and O–H groups in total. The second kappa shape index (κ2) is 8.93. The fourth-order valence-electron chi connectivity index (χ4n) is 4.37. The lowest BCUT2D eigenvalue weighted by Crippen LogP contribution is -2.52. The zero-order chi connectivity index (χ0) is 21.3. The number of carbonyl (C=O) groups is 3. The molecule has 3 heterocycles. The number of amides is 4. The van der Waals surface area contributed by atoms with Crippen molar-refractivity contribution < 1.29 is 14.4 Å². The highest BCUT2D eigenvalue weighted by atomic mass is 32.1. The Bertz CT molecular complexity index is 780. The van der Waals surface area contributed by atoms with E-state index in [0.29, 0.717) is 13.1 Å². The molecule has 0 unspecified atom stereocenters. The maximum Gasteiger partial charge on any atom is 0.315 e. The monoisotopic (exact) mass is 433 g/mol. The molecule has 9 heteroatoms. The Labute approximate surface area is 181 Å². The summed E-state index contributed by atoms with van der Waals surface area (Å²) in [5.41, 5.74) is 1.22. The molecule has 8 nitrogen and oxygen atoms in total. The van der Waals surface area contributed by atoms with E-state index in [1.807, 2.05) is 18.7 Å². The number of nitrogens with zero attached hydrogens (tertiary/aromatic N) is 2. The van der Waals surface area contributed by atoms with E-state index in [2.05, 4.69) is 37.7 Å². The molecule has 4 amide bonds. The number of hydrogen-bond donors (Lipinski definition) is 3. The average Bonchev–Trinajstić information content (AvgIpc) is 3.30. The van der Waals surface area contributed by atoms with Crippen LogP contribution in [0, 0.1) is 5.92 Å². The molecule has 0 bridgehead atoms. The van der Waals surface area contributed by atoms with Crippen molar-refractivity contribution in [2.75, 3.05) is 19.6 Å². The topological polar surface area (TPSA) is 93.8 Å². The maximum absolute atomic E-state index is 13.3. The number of hydrogen-bond acceptors (Lipinski definition) is 5. The molecule has 0 radical (unpaired) electrons. The van der Waals surface area contributed by atoms with Crippen molar-refractivity contribution in [1.82, 2.24) is 25.8 Å². The van der Waals surface area contributed by atoms with Crippen LogP contribution in [0.5, 0.6) is 0 Å². The van der Waals surface area contributed by atoms with E-state index < -0.39 is 6.04 Å². The molecule has 0 aromatic carbocycles. The minimum absolute atomic E-state index is 0.00698. The molecular weight excluding hydrogens is 402 g/mol. The lowest BCUT2D eigenvalue weighted by molar-refractivity contribution is -0.136. The van der Waals surface area contributed by atoms with Gasteiger partial charge in [-0.15, -0.1) is 0 Å². The van der Waals surface area contributed by atoms with E-state index in [4.69, 9.17) is 0 Å².